The van der Waals surface area contributed by atoms with E-state index in [9.17, 15) is 74.7 Å². The number of primary amides is 1. The highest BCUT2D eigenvalue weighted by molar-refractivity contribution is 6.32. The van der Waals surface area contributed by atoms with E-state index in [4.69, 9.17) is 58.4 Å². The second kappa shape index (κ2) is 32.3. The molecule has 1 saturated heterocycles. The van der Waals surface area contributed by atoms with Gasteiger partial charge >= 0.3 is 6.09 Å². The van der Waals surface area contributed by atoms with Crippen molar-refractivity contribution in [1.82, 2.24) is 37.2 Å². The number of nitrogens with two attached hydrogens (primary N) is 2. The summed E-state index contributed by atoms with van der Waals surface area (Å²) in [4.78, 5) is 131. The zero-order valence-electron chi connectivity index (χ0n) is 58.6. The molecule has 4 aromatic carbocycles. The van der Waals surface area contributed by atoms with E-state index in [2.05, 4.69) is 37.2 Å². The van der Waals surface area contributed by atoms with Gasteiger partial charge in [0, 0.05) is 23.6 Å². The van der Waals surface area contributed by atoms with Gasteiger partial charge in [-0.3, -0.25) is 33.6 Å². The highest BCUT2D eigenvalue weighted by Crippen LogP contribution is 2.54. The Hall–Kier alpha value is -9.19. The van der Waals surface area contributed by atoms with Gasteiger partial charge in [-0.05, 0) is 171 Å². The lowest BCUT2D eigenvalue weighted by Crippen LogP contribution is -2.60. The van der Waals surface area contributed by atoms with Gasteiger partial charge in [0.05, 0.1) is 29.2 Å². The highest BCUT2D eigenvalue weighted by atomic mass is 35.5. The van der Waals surface area contributed by atoms with Gasteiger partial charge in [0.15, 0.2) is 11.5 Å². The van der Waals surface area contributed by atoms with Crippen molar-refractivity contribution in [3.05, 3.63) is 122 Å². The molecule has 8 amide bonds. The number of ether oxygens (including phenoxy) is 5. The number of aldehydes is 1. The Labute approximate surface area is 622 Å². The average Bonchev–Trinajstić information content (AvgIpc) is 0.763. The lowest BCUT2D eigenvalue weighted by atomic mass is 9.54. The van der Waals surface area contributed by atoms with Gasteiger partial charge < -0.3 is 123 Å². The fourth-order valence-electron chi connectivity index (χ4n) is 15.3. The molecule has 5 heterocycles. The first-order valence-electron chi connectivity index (χ1n) is 35.0. The number of amides is 8. The Morgan fingerprint density at radius 3 is 1.89 bits per heavy atom. The number of alkyl carbamates (subject to hydrolysis) is 1. The van der Waals surface area contributed by atoms with Crippen LogP contribution in [0.2, 0.25) is 10.0 Å². The molecule has 4 aromatic rings. The molecule has 13 bridgehead atoms. The molecule has 34 heteroatoms. The maximum Gasteiger partial charge on any atom is 0.408 e. The lowest BCUT2D eigenvalue weighted by Gasteiger charge is -2.54. The van der Waals surface area contributed by atoms with E-state index < -0.39 is 203 Å². The Balaban J connectivity index is 1.09. The van der Waals surface area contributed by atoms with Gasteiger partial charge in [-0.25, -0.2) is 4.79 Å². The molecule has 0 spiro atoms. The van der Waals surface area contributed by atoms with Gasteiger partial charge in [0.25, 0.3) is 0 Å². The van der Waals surface area contributed by atoms with E-state index in [1.54, 1.807) is 34.6 Å². The van der Waals surface area contributed by atoms with Crippen LogP contribution in [-0.2, 0) is 47.8 Å². The average molecular weight is 1530 g/mol. The summed E-state index contributed by atoms with van der Waals surface area (Å²) >= 11 is 14.1. The molecule has 5 aliphatic carbocycles. The van der Waals surface area contributed by atoms with Crippen LogP contribution >= 0.6 is 23.2 Å². The van der Waals surface area contributed by atoms with E-state index in [-0.39, 0.29) is 86.4 Å². The molecule has 20 N–H and O–H groups in total. The molecule has 8 unspecified atom stereocenters. The Bertz CT molecular complexity index is 4180. The van der Waals surface area contributed by atoms with Crippen molar-refractivity contribution in [3.63, 3.8) is 0 Å². The second-order valence-corrected chi connectivity index (χ2v) is 30.5. The van der Waals surface area contributed by atoms with Crippen molar-refractivity contribution in [2.24, 2.45) is 41.1 Å². The minimum Gasteiger partial charge on any atom is -0.508 e. The summed E-state index contributed by atoms with van der Waals surface area (Å²) in [5, 5.41) is 121. The highest BCUT2D eigenvalue weighted by Gasteiger charge is 2.51. The molecule has 32 nitrogen and oxygen atoms in total. The number of benzene rings is 4. The largest absolute Gasteiger partial charge is 0.508 e. The monoisotopic (exact) mass is 1530 g/mol. The Kier molecular flexibility index (Phi) is 23.8. The summed E-state index contributed by atoms with van der Waals surface area (Å²) < 4.78 is 30.6. The maximum absolute atomic E-state index is 15.8. The number of allylic oxidation sites excluding steroid dienone is 1. The molecule has 0 aromatic heterocycles. The minimum absolute atomic E-state index is 0.0657. The van der Waals surface area contributed by atoms with Crippen molar-refractivity contribution < 1.29 is 113 Å². The predicted octanol–water partition coefficient (Wildman–Crippen LogP) is 2.27. The molecule has 5 aliphatic heterocycles. The fraction of sp³-hybridized carbons (Fsp3) is 0.493. The predicted molar refractivity (Wildman–Crippen MR) is 377 cm³/mol. The lowest BCUT2D eigenvalue weighted by molar-refractivity contribution is -0.277. The summed E-state index contributed by atoms with van der Waals surface area (Å²) in [6.07, 6.45) is -12.5. The summed E-state index contributed by atoms with van der Waals surface area (Å²) in [6, 6.07) is -1.73. The van der Waals surface area contributed by atoms with E-state index in [0.717, 1.165) is 86.7 Å². The molecule has 0 radical (unpaired) electrons. The normalized spacial score (nSPS) is 30.5. The SMILES string of the molecule is CC(C)CC(NC(=O)OC(C)(C)C)C(=O)N[C@H]1C(=O)N[C@@H](CC(N)=O)C(=O)N[C@H]2C(=O)N[C@@H](C=O)c3ccc(O)c(c3)C3=C(CC(O)C=C3O)[C@@H](C(=O)NC3C4CC5CC(C4)CC3C5)NC(=O)[C@H](N)C(O)c3ccc(c(Cl)c3)Oc3cc2cc(c3OC2OC(CO)C(O)C(O)C2O)Oc2ccc(cc2Cl)[C@@H]1O. The van der Waals surface area contributed by atoms with E-state index in [1.165, 1.54) is 18.2 Å². The first-order chi connectivity index (χ1) is 50.6. The van der Waals surface area contributed by atoms with E-state index in [0.29, 0.717) is 11.8 Å². The fourth-order valence-corrected chi connectivity index (χ4v) is 15.8. The van der Waals surface area contributed by atoms with Crippen LogP contribution in [0.1, 0.15) is 138 Å². The van der Waals surface area contributed by atoms with Crippen LogP contribution in [0.4, 0.5) is 4.79 Å². The van der Waals surface area contributed by atoms with E-state index in [1.807, 2.05) is 0 Å². The number of rotatable bonds is 13. The van der Waals surface area contributed by atoms with Crippen LogP contribution in [0.5, 0.6) is 34.5 Å². The van der Waals surface area contributed by atoms with Gasteiger partial charge in [0.1, 0.15) is 114 Å². The third-order valence-corrected chi connectivity index (χ3v) is 20.8. The standard InChI is InChI=1S/C73H87Cl2N9O23/c1-28(2)12-42(80-72(102)107-73(3,4)5)65(96)84-58-60(92)33-8-11-48(41(75)20-33)104-50-22-36-21-49(64(50)106-71-63(95)62(94)61(93)51(27-86)105-71)103-47-10-7-32(19-40(47)74)59(91)54(77)67(98)83-57(69(100)81-55-34-14-29-13-30(16-34)17-35(55)15-29)39-23-37(87)24-46(89)53(39)38-18-31(6-9-45(38)88)44(26-85)79-68(99)56(36)82-66(97)43(25-52(76)90)78-70(58)101/h6-11,18-22,24,26,28-30,34-35,37,42-44,51,54-63,71,86-89,91-95H,12-17,23,25,27,77H2,1-5H3,(H2,76,90)(H,78,101)(H,79,99)(H,80,102)(H,81,100)(H,82,97)(H,83,98)(H,84,96)/t29?,30?,34?,35?,37?,42?,43-,44-,51?,54+,55?,56+,57-,58+,59?,60-,61?,62?,63?,71?/m0/s1. The number of halogens is 2. The number of phenolic OH excluding ortho intramolecular Hbond substituents is 1. The summed E-state index contributed by atoms with van der Waals surface area (Å²) in [5.74, 6) is -11.6. The molecule has 5 fully saturated rings. The molecule has 4 saturated carbocycles. The molecule has 107 heavy (non-hydrogen) atoms. The van der Waals surface area contributed by atoms with Crippen LogP contribution in [0.3, 0.4) is 0 Å². The number of aliphatic hydroxyl groups excluding tert-OH is 8. The zero-order chi connectivity index (χ0) is 77.5. The molecule has 14 rings (SSSR count). The van der Waals surface area contributed by atoms with Gasteiger partial charge in [-0.2, -0.15) is 0 Å². The number of aliphatic hydroxyl groups is 8. The van der Waals surface area contributed by atoms with Crippen molar-refractivity contribution in [2.45, 2.75) is 189 Å². The summed E-state index contributed by atoms with van der Waals surface area (Å²) in [5.41, 5.74) is 9.48. The topological polar surface area (TPSA) is 518 Å². The quantitative estimate of drug-likeness (QED) is 0.0854. The van der Waals surface area contributed by atoms with Gasteiger partial charge in [-0.15, -0.1) is 0 Å². The summed E-state index contributed by atoms with van der Waals surface area (Å²) in [7, 11) is 0. The number of hydrogen-bond donors (Lipinski definition) is 18. The van der Waals surface area contributed by atoms with Gasteiger partial charge in [-0.1, -0.05) is 55.2 Å². The van der Waals surface area contributed by atoms with Crippen molar-refractivity contribution in [3.8, 4) is 34.5 Å². The number of fused-ring (bicyclic) bond motifs is 16. The molecule has 10 aliphatic rings. The van der Waals surface area contributed by atoms with E-state index >= 15 is 14.4 Å². The van der Waals surface area contributed by atoms with Crippen molar-refractivity contribution >= 4 is 82.5 Å². The third kappa shape index (κ3) is 17.5. The first kappa shape index (κ1) is 78.9. The van der Waals surface area contributed by atoms with Gasteiger partial charge in [0.2, 0.25) is 53.4 Å². The second-order valence-electron chi connectivity index (χ2n) is 29.7. The first-order valence-corrected chi connectivity index (χ1v) is 35.7. The number of nitrogens with one attached hydrogen (secondary N) is 7. The zero-order valence-corrected chi connectivity index (χ0v) is 60.2. The number of carbonyl (C=O) groups is 9. The number of phenols is 1. The molecule has 15 atom stereocenters. The number of hydrogen-bond acceptors (Lipinski definition) is 24. The maximum atomic E-state index is 15.8. The van der Waals surface area contributed by atoms with Crippen molar-refractivity contribution in [2.75, 3.05) is 6.61 Å². The van der Waals surface area contributed by atoms with Crippen LogP contribution in [-0.4, -0.2) is 185 Å². The Morgan fingerprint density at radius 2 is 1.32 bits per heavy atom. The van der Waals surface area contributed by atoms with Crippen LogP contribution in [0.15, 0.2) is 84.1 Å². The van der Waals surface area contributed by atoms with Crippen LogP contribution < -0.4 is 62.9 Å². The van der Waals surface area contributed by atoms with Crippen molar-refractivity contribution in [1.29, 1.82) is 0 Å². The smallest absolute Gasteiger partial charge is 0.408 e. The minimum atomic E-state index is -2.27. The van der Waals surface area contributed by atoms with Crippen LogP contribution in [0, 0.1) is 29.6 Å². The number of carbonyl (C=O) groups excluding carboxylic acids is 9. The Morgan fingerprint density at radius 1 is 0.710 bits per heavy atom. The van der Waals surface area contributed by atoms with Crippen LogP contribution in [0.25, 0.3) is 5.57 Å². The third-order valence-electron chi connectivity index (χ3n) is 20.2. The molecular formula is C73H87Cl2N9O23. The summed E-state index contributed by atoms with van der Waals surface area (Å²) in [6.45, 7) is 7.21. The molecular weight excluding hydrogens is 1440 g/mol. The number of aromatic hydroxyl groups is 1. The molecule has 576 valence electrons.